The lowest BCUT2D eigenvalue weighted by atomic mass is 10.1. The Morgan fingerprint density at radius 3 is 1.55 bits per heavy atom. The number of hydrogen-bond donors (Lipinski definition) is 0. The van der Waals surface area contributed by atoms with Crippen molar-refractivity contribution in [2.24, 2.45) is 0 Å². The molecule has 0 bridgehead atoms. The highest BCUT2D eigenvalue weighted by Crippen LogP contribution is 2.21. The van der Waals surface area contributed by atoms with Crippen LogP contribution >= 0.6 is 0 Å². The summed E-state index contributed by atoms with van der Waals surface area (Å²) in [5, 5.41) is 0. The van der Waals surface area contributed by atoms with Crippen LogP contribution in [0.5, 0.6) is 17.2 Å². The fourth-order valence-electron chi connectivity index (χ4n) is 5.94. The van der Waals surface area contributed by atoms with Crippen LogP contribution < -0.4 is 14.2 Å². The molecule has 0 aliphatic rings. The smallest absolute Gasteiger partial charge is 0.343 e. The Kier molecular flexibility index (Phi) is 20.7. The molecule has 7 heteroatoms. The third-order valence-corrected chi connectivity index (χ3v) is 9.23. The monoisotopic (exact) mass is 726 g/mol. The average molecular weight is 727 g/mol. The van der Waals surface area contributed by atoms with E-state index in [0.717, 1.165) is 43.4 Å². The van der Waals surface area contributed by atoms with Crippen LogP contribution in [0.2, 0.25) is 0 Å². The van der Waals surface area contributed by atoms with Gasteiger partial charge in [0.05, 0.1) is 23.8 Å². The topological polar surface area (TPSA) is 88.1 Å². The van der Waals surface area contributed by atoms with Gasteiger partial charge in [-0.15, -0.1) is 0 Å². The molecule has 1 atom stereocenters. The number of esters is 3. The van der Waals surface area contributed by atoms with Crippen molar-refractivity contribution in [3.05, 3.63) is 95.1 Å². The van der Waals surface area contributed by atoms with E-state index in [4.69, 9.17) is 18.9 Å². The molecule has 7 nitrogen and oxygen atoms in total. The van der Waals surface area contributed by atoms with Crippen molar-refractivity contribution in [1.82, 2.24) is 0 Å². The first-order valence-corrected chi connectivity index (χ1v) is 20.1. The number of carbonyl (C=O) groups excluding carboxylic acids is 3. The van der Waals surface area contributed by atoms with Crippen LogP contribution in [0.3, 0.4) is 0 Å². The van der Waals surface area contributed by atoms with Crippen molar-refractivity contribution in [2.45, 2.75) is 143 Å². The second-order valence-corrected chi connectivity index (χ2v) is 14.0. The first-order valence-electron chi connectivity index (χ1n) is 20.1. The van der Waals surface area contributed by atoms with E-state index >= 15 is 0 Å². The minimum atomic E-state index is -0.573. The second-order valence-electron chi connectivity index (χ2n) is 14.0. The molecule has 0 radical (unpaired) electrons. The van der Waals surface area contributed by atoms with Crippen LogP contribution in [0.25, 0.3) is 6.08 Å². The number of ether oxygens (including phenoxy) is 4. The Morgan fingerprint density at radius 1 is 0.547 bits per heavy atom. The first kappa shape index (κ1) is 43.0. The van der Waals surface area contributed by atoms with Crippen molar-refractivity contribution < 1.29 is 33.3 Å². The Hall–Kier alpha value is -4.39. The SMILES string of the molecule is CCCCCCCCCCCCCCOc1ccc(/C=C(\C)C(=O)Oc2ccc(C(=O)Oc3ccc(C(=O)O[C@@H](C)CCCCCC)cc3)cc2)cc1. The van der Waals surface area contributed by atoms with Crippen LogP contribution in [0, 0.1) is 0 Å². The van der Waals surface area contributed by atoms with Crippen LogP contribution in [0.15, 0.2) is 78.4 Å². The van der Waals surface area contributed by atoms with Crippen LogP contribution in [0.1, 0.15) is 163 Å². The maximum Gasteiger partial charge on any atom is 0.343 e. The molecule has 288 valence electrons. The first-order chi connectivity index (χ1) is 25.8. The quantitative estimate of drug-likeness (QED) is 0.0352. The third-order valence-electron chi connectivity index (χ3n) is 9.23. The fraction of sp³-hybridized carbons (Fsp3) is 0.500. The van der Waals surface area contributed by atoms with Crippen LogP contribution in [0.4, 0.5) is 0 Å². The Labute approximate surface area is 318 Å². The lowest BCUT2D eigenvalue weighted by Gasteiger charge is -2.13. The summed E-state index contributed by atoms with van der Waals surface area (Å²) in [7, 11) is 0. The highest BCUT2D eigenvalue weighted by atomic mass is 16.5. The molecular weight excluding hydrogens is 664 g/mol. The van der Waals surface area contributed by atoms with E-state index in [0.29, 0.717) is 34.8 Å². The molecule has 53 heavy (non-hydrogen) atoms. The summed E-state index contributed by atoms with van der Waals surface area (Å²) < 4.78 is 22.5. The van der Waals surface area contributed by atoms with Gasteiger partial charge in [0.2, 0.25) is 0 Å². The summed E-state index contributed by atoms with van der Waals surface area (Å²) in [6.07, 6.45) is 22.7. The van der Waals surface area contributed by atoms with E-state index < -0.39 is 17.9 Å². The van der Waals surface area contributed by atoms with Gasteiger partial charge in [0.15, 0.2) is 0 Å². The van der Waals surface area contributed by atoms with E-state index in [-0.39, 0.29) is 6.10 Å². The highest BCUT2D eigenvalue weighted by Gasteiger charge is 2.15. The summed E-state index contributed by atoms with van der Waals surface area (Å²) in [5.74, 6) is -0.0326. The number of rotatable bonds is 26. The molecule has 0 saturated heterocycles. The number of benzene rings is 3. The van der Waals surface area contributed by atoms with Crippen LogP contribution in [-0.2, 0) is 9.53 Å². The van der Waals surface area contributed by atoms with Crippen molar-refractivity contribution in [3.63, 3.8) is 0 Å². The summed E-state index contributed by atoms with van der Waals surface area (Å²) in [4.78, 5) is 38.0. The maximum atomic E-state index is 12.8. The summed E-state index contributed by atoms with van der Waals surface area (Å²) in [6, 6.07) is 20.1. The van der Waals surface area contributed by atoms with Crippen molar-refractivity contribution >= 4 is 24.0 Å². The predicted octanol–water partition coefficient (Wildman–Crippen LogP) is 12.5. The number of carbonyl (C=O) groups is 3. The van der Waals surface area contributed by atoms with Crippen molar-refractivity contribution in [1.29, 1.82) is 0 Å². The predicted molar refractivity (Wildman–Crippen MR) is 214 cm³/mol. The van der Waals surface area contributed by atoms with E-state index in [1.807, 2.05) is 31.2 Å². The molecule has 3 aromatic carbocycles. The Balaban J connectivity index is 1.34. The molecule has 0 amide bonds. The van der Waals surface area contributed by atoms with Gasteiger partial charge in [0, 0.05) is 5.57 Å². The zero-order chi connectivity index (χ0) is 38.1. The minimum absolute atomic E-state index is 0.157. The second kappa shape index (κ2) is 25.6. The van der Waals surface area contributed by atoms with E-state index in [1.165, 1.54) is 89.2 Å². The van der Waals surface area contributed by atoms with Gasteiger partial charge >= 0.3 is 17.9 Å². The zero-order valence-corrected chi connectivity index (χ0v) is 32.7. The average Bonchev–Trinajstić information content (AvgIpc) is 3.16. The maximum absolute atomic E-state index is 12.8. The van der Waals surface area contributed by atoms with Gasteiger partial charge in [-0.1, -0.05) is 116 Å². The molecule has 0 aliphatic carbocycles. The lowest BCUT2D eigenvalue weighted by Crippen LogP contribution is -2.15. The van der Waals surface area contributed by atoms with Gasteiger partial charge in [-0.2, -0.15) is 0 Å². The van der Waals surface area contributed by atoms with E-state index in [1.54, 1.807) is 49.4 Å². The summed E-state index contributed by atoms with van der Waals surface area (Å²) in [6.45, 7) is 8.74. The molecule has 0 N–H and O–H groups in total. The van der Waals surface area contributed by atoms with Gasteiger partial charge in [-0.25, -0.2) is 14.4 Å². The molecule has 0 spiro atoms. The normalized spacial score (nSPS) is 11.9. The van der Waals surface area contributed by atoms with Crippen molar-refractivity contribution in [3.8, 4) is 17.2 Å². The Bertz CT molecular complexity index is 1510. The lowest BCUT2D eigenvalue weighted by molar-refractivity contribution is -0.130. The molecule has 3 aromatic rings. The molecule has 0 aliphatic heterocycles. The third kappa shape index (κ3) is 17.8. The molecule has 0 saturated carbocycles. The van der Waals surface area contributed by atoms with E-state index in [2.05, 4.69) is 13.8 Å². The minimum Gasteiger partial charge on any atom is -0.494 e. The van der Waals surface area contributed by atoms with Gasteiger partial charge in [0.25, 0.3) is 0 Å². The molecule has 0 fully saturated rings. The van der Waals surface area contributed by atoms with Gasteiger partial charge in [0.1, 0.15) is 17.2 Å². The zero-order valence-electron chi connectivity index (χ0n) is 32.7. The van der Waals surface area contributed by atoms with Gasteiger partial charge in [-0.05, 0) is 105 Å². The molecule has 0 unspecified atom stereocenters. The number of hydrogen-bond acceptors (Lipinski definition) is 7. The van der Waals surface area contributed by atoms with Crippen LogP contribution in [-0.4, -0.2) is 30.6 Å². The van der Waals surface area contributed by atoms with Crippen molar-refractivity contribution in [2.75, 3.05) is 6.61 Å². The largest absolute Gasteiger partial charge is 0.494 e. The van der Waals surface area contributed by atoms with E-state index in [9.17, 15) is 14.4 Å². The number of unbranched alkanes of at least 4 members (excludes halogenated alkanes) is 14. The highest BCUT2D eigenvalue weighted by molar-refractivity contribution is 5.95. The van der Waals surface area contributed by atoms with Gasteiger partial charge in [-0.3, -0.25) is 0 Å². The molecule has 3 rings (SSSR count). The standard InChI is InChI=1S/C46H62O7/c1-5-7-9-11-12-13-14-15-16-17-18-20-34-50-41-28-22-38(23-29-41)35-36(3)44(47)52-42-30-26-40(27-31-42)46(49)53-43-32-24-39(25-33-43)45(48)51-37(4)21-19-10-8-6-2/h22-33,35,37H,5-21,34H2,1-4H3/b36-35+/t37-/m0/s1. The summed E-state index contributed by atoms with van der Waals surface area (Å²) >= 11 is 0. The van der Waals surface area contributed by atoms with Gasteiger partial charge < -0.3 is 18.9 Å². The molecule has 0 aromatic heterocycles. The summed E-state index contributed by atoms with van der Waals surface area (Å²) in [5.41, 5.74) is 1.99. The fourth-order valence-corrected chi connectivity index (χ4v) is 5.94. The molecule has 0 heterocycles. The molecular formula is C46H62O7. The Morgan fingerprint density at radius 2 is 1.00 bits per heavy atom.